The number of nitrogens with zero attached hydrogens (tertiary/aromatic N) is 2. The second-order valence-electron chi connectivity index (χ2n) is 7.50. The molecule has 6 nitrogen and oxygen atoms in total. The summed E-state index contributed by atoms with van der Waals surface area (Å²) in [6, 6.07) is 17.4. The van der Waals surface area contributed by atoms with Gasteiger partial charge in [-0.1, -0.05) is 18.2 Å². The van der Waals surface area contributed by atoms with Crippen LogP contribution in [-0.2, 0) is 6.42 Å². The number of nitrogens with two attached hydrogens (primary N) is 1. The first-order valence-corrected chi connectivity index (χ1v) is 10.3. The van der Waals surface area contributed by atoms with Gasteiger partial charge in [-0.05, 0) is 60.9 Å². The molecule has 4 rings (SSSR count). The van der Waals surface area contributed by atoms with Crippen molar-refractivity contribution in [2.24, 2.45) is 0 Å². The van der Waals surface area contributed by atoms with Crippen LogP contribution in [0.15, 0.2) is 79.3 Å². The lowest BCUT2D eigenvalue weighted by Gasteiger charge is -2.11. The van der Waals surface area contributed by atoms with E-state index in [1.165, 1.54) is 12.1 Å². The topological polar surface area (TPSA) is 85.0 Å². The molecule has 4 aromatic rings. The molecule has 7 heteroatoms. The number of rotatable bonds is 7. The molecule has 0 saturated carbocycles. The smallest absolute Gasteiger partial charge is 0.252 e. The fourth-order valence-electron chi connectivity index (χ4n) is 3.40. The van der Waals surface area contributed by atoms with Crippen molar-refractivity contribution in [1.29, 1.82) is 0 Å². The Labute approximate surface area is 185 Å². The van der Waals surface area contributed by atoms with Crippen LogP contribution >= 0.6 is 0 Å². The zero-order valence-corrected chi connectivity index (χ0v) is 17.7. The minimum Gasteiger partial charge on any atom is -0.399 e. The highest BCUT2D eigenvalue weighted by Gasteiger charge is 2.11. The standard InChI is InChI=1S/C25H24FN5O/c1-17-15-29-24(30-21-8-6-20(26)7-9-21)14-23(17)31-13-11-19(16-31)25(32)28-12-10-18-4-2-3-5-22(18)27/h2-9,11,13-16H,10,12,27H2,1H3,(H,28,32)(H,29,30). The molecule has 0 spiro atoms. The van der Waals surface area contributed by atoms with Crippen molar-refractivity contribution < 1.29 is 9.18 Å². The summed E-state index contributed by atoms with van der Waals surface area (Å²) in [6.45, 7) is 2.45. The Morgan fingerprint density at radius 2 is 1.91 bits per heavy atom. The lowest BCUT2D eigenvalue weighted by molar-refractivity contribution is 0.0954. The van der Waals surface area contributed by atoms with Crippen molar-refractivity contribution >= 4 is 23.1 Å². The van der Waals surface area contributed by atoms with Gasteiger partial charge in [0.05, 0.1) is 11.3 Å². The van der Waals surface area contributed by atoms with Crippen LogP contribution in [0.4, 0.5) is 21.6 Å². The molecule has 0 unspecified atom stereocenters. The first-order chi connectivity index (χ1) is 15.5. The number of pyridine rings is 1. The molecule has 0 saturated heterocycles. The van der Waals surface area contributed by atoms with Crippen molar-refractivity contribution in [1.82, 2.24) is 14.9 Å². The van der Waals surface area contributed by atoms with E-state index in [1.54, 1.807) is 30.6 Å². The molecule has 2 heterocycles. The number of benzene rings is 2. The van der Waals surface area contributed by atoms with E-state index < -0.39 is 0 Å². The first-order valence-electron chi connectivity index (χ1n) is 10.3. The van der Waals surface area contributed by atoms with E-state index in [4.69, 9.17) is 5.73 Å². The third-order valence-electron chi connectivity index (χ3n) is 5.16. The van der Waals surface area contributed by atoms with E-state index in [0.717, 1.165) is 28.2 Å². The van der Waals surface area contributed by atoms with Crippen LogP contribution in [-0.4, -0.2) is 22.0 Å². The quantitative estimate of drug-likeness (QED) is 0.374. The highest BCUT2D eigenvalue weighted by molar-refractivity contribution is 5.94. The highest BCUT2D eigenvalue weighted by Crippen LogP contribution is 2.21. The van der Waals surface area contributed by atoms with Crippen molar-refractivity contribution in [2.75, 3.05) is 17.6 Å². The average molecular weight is 429 g/mol. The molecule has 0 aliphatic rings. The number of amides is 1. The Hall–Kier alpha value is -4.13. The van der Waals surface area contributed by atoms with Gasteiger partial charge in [0.25, 0.3) is 5.91 Å². The Morgan fingerprint density at radius 3 is 2.69 bits per heavy atom. The Morgan fingerprint density at radius 1 is 1.12 bits per heavy atom. The van der Waals surface area contributed by atoms with Crippen molar-refractivity contribution in [3.63, 3.8) is 0 Å². The zero-order chi connectivity index (χ0) is 22.5. The fraction of sp³-hybridized carbons (Fsp3) is 0.120. The third kappa shape index (κ3) is 4.95. The maximum Gasteiger partial charge on any atom is 0.252 e. The molecule has 0 aliphatic heterocycles. The lowest BCUT2D eigenvalue weighted by atomic mass is 10.1. The molecule has 162 valence electrons. The second-order valence-corrected chi connectivity index (χ2v) is 7.50. The summed E-state index contributed by atoms with van der Waals surface area (Å²) in [7, 11) is 0. The number of carbonyl (C=O) groups is 1. The van der Waals surface area contributed by atoms with Crippen molar-refractivity contribution in [2.45, 2.75) is 13.3 Å². The maximum absolute atomic E-state index is 13.1. The van der Waals surface area contributed by atoms with Gasteiger partial charge in [-0.15, -0.1) is 0 Å². The minimum absolute atomic E-state index is 0.144. The van der Waals surface area contributed by atoms with E-state index >= 15 is 0 Å². The summed E-state index contributed by atoms with van der Waals surface area (Å²) in [5, 5.41) is 6.10. The van der Waals surface area contributed by atoms with Crippen LogP contribution in [0.1, 0.15) is 21.5 Å². The van der Waals surface area contributed by atoms with Crippen molar-refractivity contribution in [3.8, 4) is 5.69 Å². The van der Waals surface area contributed by atoms with Crippen LogP contribution in [0.25, 0.3) is 5.69 Å². The van der Waals surface area contributed by atoms with Gasteiger partial charge in [0, 0.05) is 42.6 Å². The number of anilines is 3. The monoisotopic (exact) mass is 429 g/mol. The predicted molar refractivity (Wildman–Crippen MR) is 125 cm³/mol. The van der Waals surface area contributed by atoms with E-state index in [0.29, 0.717) is 24.3 Å². The molecule has 2 aromatic heterocycles. The predicted octanol–water partition coefficient (Wildman–Crippen LogP) is 4.62. The van der Waals surface area contributed by atoms with Crippen LogP contribution < -0.4 is 16.4 Å². The first kappa shape index (κ1) is 21.1. The molecule has 0 atom stereocenters. The van der Waals surface area contributed by atoms with Gasteiger partial charge >= 0.3 is 0 Å². The van der Waals surface area contributed by atoms with Gasteiger partial charge in [0.2, 0.25) is 0 Å². The van der Waals surface area contributed by atoms with Crippen LogP contribution in [0.5, 0.6) is 0 Å². The number of carbonyl (C=O) groups excluding carboxylic acids is 1. The molecule has 0 aliphatic carbocycles. The number of halogens is 1. The Balaban J connectivity index is 1.43. The number of nitrogens with one attached hydrogen (secondary N) is 2. The molecule has 0 bridgehead atoms. The summed E-state index contributed by atoms with van der Waals surface area (Å²) in [5.74, 6) is 0.186. The Bertz CT molecular complexity index is 1230. The van der Waals surface area contributed by atoms with Gasteiger partial charge in [0.15, 0.2) is 0 Å². The molecule has 2 aromatic carbocycles. The largest absolute Gasteiger partial charge is 0.399 e. The highest BCUT2D eigenvalue weighted by atomic mass is 19.1. The summed E-state index contributed by atoms with van der Waals surface area (Å²) in [4.78, 5) is 17.0. The van der Waals surface area contributed by atoms with Gasteiger partial charge in [-0.3, -0.25) is 4.79 Å². The Kier molecular flexibility index (Phi) is 6.17. The van der Waals surface area contributed by atoms with E-state index in [9.17, 15) is 9.18 Å². The molecular weight excluding hydrogens is 405 g/mol. The van der Waals surface area contributed by atoms with Gasteiger partial charge in [-0.2, -0.15) is 0 Å². The normalized spacial score (nSPS) is 10.7. The van der Waals surface area contributed by atoms with E-state index in [2.05, 4.69) is 15.6 Å². The summed E-state index contributed by atoms with van der Waals surface area (Å²) in [5.41, 5.74) is 10.8. The van der Waals surface area contributed by atoms with E-state index in [-0.39, 0.29) is 11.7 Å². The molecule has 1 amide bonds. The number of hydrogen-bond acceptors (Lipinski definition) is 4. The van der Waals surface area contributed by atoms with Crippen molar-refractivity contribution in [3.05, 3.63) is 102 Å². The minimum atomic E-state index is -0.293. The maximum atomic E-state index is 13.1. The van der Waals surface area contributed by atoms with Crippen LogP contribution in [0.3, 0.4) is 0 Å². The zero-order valence-electron chi connectivity index (χ0n) is 17.7. The second kappa shape index (κ2) is 9.34. The molecule has 4 N–H and O–H groups in total. The number of hydrogen-bond donors (Lipinski definition) is 3. The summed E-state index contributed by atoms with van der Waals surface area (Å²) in [6.07, 6.45) is 6.05. The lowest BCUT2D eigenvalue weighted by Crippen LogP contribution is -2.25. The molecule has 0 fully saturated rings. The SMILES string of the molecule is Cc1cnc(Nc2ccc(F)cc2)cc1-n1ccc(C(=O)NCCc2ccccc2N)c1. The molecule has 32 heavy (non-hydrogen) atoms. The molecule has 0 radical (unpaired) electrons. The van der Waals surface area contributed by atoms with Gasteiger partial charge < -0.3 is 20.9 Å². The summed E-state index contributed by atoms with van der Waals surface area (Å²) < 4.78 is 15.0. The van der Waals surface area contributed by atoms with Crippen LogP contribution in [0.2, 0.25) is 0 Å². The average Bonchev–Trinajstić information content (AvgIpc) is 3.28. The third-order valence-corrected chi connectivity index (χ3v) is 5.16. The number of para-hydroxylation sites is 1. The van der Waals surface area contributed by atoms with Gasteiger partial charge in [0.1, 0.15) is 11.6 Å². The fourth-order valence-corrected chi connectivity index (χ4v) is 3.40. The summed E-state index contributed by atoms with van der Waals surface area (Å²) >= 11 is 0. The number of aromatic nitrogens is 2. The van der Waals surface area contributed by atoms with E-state index in [1.807, 2.05) is 48.0 Å². The van der Waals surface area contributed by atoms with Crippen LogP contribution in [0, 0.1) is 12.7 Å². The number of nitrogen functional groups attached to an aromatic ring is 1. The number of aryl methyl sites for hydroxylation is 1. The van der Waals surface area contributed by atoms with Gasteiger partial charge in [-0.25, -0.2) is 9.37 Å². The molecular formula is C25H24FN5O.